The van der Waals surface area contributed by atoms with Gasteiger partial charge in [-0.25, -0.2) is 4.98 Å². The molecule has 88 valence electrons. The van der Waals surface area contributed by atoms with Crippen LogP contribution in [0.2, 0.25) is 0 Å². The number of anilines is 1. The number of nitrogens with zero attached hydrogens (tertiary/aromatic N) is 1. The molecule has 0 spiro atoms. The second-order valence-electron chi connectivity index (χ2n) is 3.96. The van der Waals surface area contributed by atoms with E-state index in [4.69, 9.17) is 10.2 Å². The molecule has 0 aliphatic heterocycles. The maximum Gasteiger partial charge on any atom is 0.292 e. The van der Waals surface area contributed by atoms with Gasteiger partial charge in [-0.1, -0.05) is 13.8 Å². The van der Waals surface area contributed by atoms with Gasteiger partial charge < -0.3 is 15.5 Å². The van der Waals surface area contributed by atoms with Crippen LogP contribution in [0.15, 0.2) is 10.6 Å². The molecule has 1 rings (SSSR count). The van der Waals surface area contributed by atoms with E-state index in [9.17, 15) is 0 Å². The van der Waals surface area contributed by atoms with Crippen molar-refractivity contribution in [2.45, 2.75) is 33.2 Å². The largest absolute Gasteiger partial charge is 0.427 e. The Bertz CT molecular complexity index is 275. The summed E-state index contributed by atoms with van der Waals surface area (Å²) >= 11 is 0. The van der Waals surface area contributed by atoms with Gasteiger partial charge in [0.1, 0.15) is 5.76 Å². The molecule has 15 heavy (non-hydrogen) atoms. The molecule has 1 atom stereocenters. The molecular formula is C10H20ClN3O. The Kier molecular flexibility index (Phi) is 6.36. The molecule has 3 N–H and O–H groups in total. The monoisotopic (exact) mass is 233 g/mol. The van der Waals surface area contributed by atoms with Gasteiger partial charge in [-0.05, 0) is 25.8 Å². The number of rotatable bonds is 5. The van der Waals surface area contributed by atoms with E-state index in [0.29, 0.717) is 0 Å². The van der Waals surface area contributed by atoms with E-state index in [2.05, 4.69) is 24.1 Å². The number of hydrogen-bond acceptors (Lipinski definition) is 4. The Labute approximate surface area is 97.0 Å². The van der Waals surface area contributed by atoms with Crippen LogP contribution in [0, 0.1) is 5.92 Å². The number of oxazole rings is 1. The second-order valence-corrected chi connectivity index (χ2v) is 3.96. The molecule has 0 saturated heterocycles. The van der Waals surface area contributed by atoms with Crippen molar-refractivity contribution in [1.29, 1.82) is 0 Å². The molecule has 1 aromatic rings. The molecule has 0 aromatic carbocycles. The molecule has 0 saturated carbocycles. The van der Waals surface area contributed by atoms with E-state index in [1.54, 1.807) is 6.20 Å². The van der Waals surface area contributed by atoms with E-state index in [-0.39, 0.29) is 24.5 Å². The molecule has 0 fully saturated rings. The van der Waals surface area contributed by atoms with Crippen LogP contribution < -0.4 is 11.1 Å². The Hall–Kier alpha value is -0.740. The fourth-order valence-corrected chi connectivity index (χ4v) is 1.19. The lowest BCUT2D eigenvalue weighted by atomic mass is 10.1. The fourth-order valence-electron chi connectivity index (χ4n) is 1.19. The number of aromatic nitrogens is 1. The van der Waals surface area contributed by atoms with Crippen LogP contribution >= 0.6 is 12.4 Å². The van der Waals surface area contributed by atoms with Gasteiger partial charge in [-0.3, -0.25) is 0 Å². The summed E-state index contributed by atoms with van der Waals surface area (Å²) in [6, 6.07) is 0.413. The van der Waals surface area contributed by atoms with Crippen LogP contribution in [0.25, 0.3) is 0 Å². The number of nitrogens with one attached hydrogen (secondary N) is 1. The first-order chi connectivity index (χ1) is 6.59. The maximum absolute atomic E-state index is 5.39. The molecule has 4 nitrogen and oxygen atoms in total. The Morgan fingerprint density at radius 2 is 2.13 bits per heavy atom. The first-order valence-corrected chi connectivity index (χ1v) is 5.04. The van der Waals surface area contributed by atoms with E-state index in [1.807, 2.05) is 6.92 Å². The smallest absolute Gasteiger partial charge is 0.292 e. The third-order valence-electron chi connectivity index (χ3n) is 2.14. The lowest BCUT2D eigenvalue weighted by Crippen LogP contribution is -2.20. The van der Waals surface area contributed by atoms with Gasteiger partial charge >= 0.3 is 0 Å². The highest BCUT2D eigenvalue weighted by atomic mass is 35.5. The summed E-state index contributed by atoms with van der Waals surface area (Å²) in [6.45, 7) is 7.44. The van der Waals surface area contributed by atoms with Crippen molar-refractivity contribution in [2.75, 3.05) is 12.3 Å². The highest BCUT2D eigenvalue weighted by Gasteiger charge is 2.09. The van der Waals surface area contributed by atoms with E-state index in [0.717, 1.165) is 24.6 Å². The van der Waals surface area contributed by atoms with Crippen molar-refractivity contribution < 1.29 is 4.42 Å². The lowest BCUT2D eigenvalue weighted by molar-refractivity contribution is 0.423. The summed E-state index contributed by atoms with van der Waals surface area (Å²) in [4.78, 5) is 3.85. The standard InChI is InChI=1S/C10H19N3O.ClH/c1-7(2)4-5-12-8(3)9-6-13-10(11)14-9;/h6-8,12H,4-5H2,1-3H3,(H2,11,13);1H. The van der Waals surface area contributed by atoms with Crippen LogP contribution in [0.4, 0.5) is 6.01 Å². The average Bonchev–Trinajstić information content (AvgIpc) is 2.51. The molecule has 1 unspecified atom stereocenters. The summed E-state index contributed by atoms with van der Waals surface area (Å²) in [5.74, 6) is 1.51. The minimum atomic E-state index is 0. The van der Waals surface area contributed by atoms with Gasteiger partial charge in [0.15, 0.2) is 0 Å². The normalized spacial score (nSPS) is 12.5. The van der Waals surface area contributed by atoms with E-state index >= 15 is 0 Å². The quantitative estimate of drug-likeness (QED) is 0.820. The minimum absolute atomic E-state index is 0. The molecule has 0 aliphatic carbocycles. The predicted octanol–water partition coefficient (Wildman–Crippen LogP) is 2.38. The van der Waals surface area contributed by atoms with Gasteiger partial charge in [0.25, 0.3) is 6.01 Å². The number of hydrogen-bond donors (Lipinski definition) is 2. The van der Waals surface area contributed by atoms with Crippen LogP contribution in [0.1, 0.15) is 39.0 Å². The van der Waals surface area contributed by atoms with Crippen LogP contribution in [0.3, 0.4) is 0 Å². The average molecular weight is 234 g/mol. The number of nitrogen functional groups attached to an aromatic ring is 1. The molecule has 5 heteroatoms. The van der Waals surface area contributed by atoms with Crippen LogP contribution in [-0.4, -0.2) is 11.5 Å². The molecule has 0 amide bonds. The first kappa shape index (κ1) is 14.3. The van der Waals surface area contributed by atoms with Crippen molar-refractivity contribution in [3.8, 4) is 0 Å². The SMILES string of the molecule is CC(C)CCNC(C)c1cnc(N)o1.Cl. The fraction of sp³-hybridized carbons (Fsp3) is 0.700. The van der Waals surface area contributed by atoms with Crippen LogP contribution in [-0.2, 0) is 0 Å². The summed E-state index contributed by atoms with van der Waals surface area (Å²) < 4.78 is 5.21. The third-order valence-corrected chi connectivity index (χ3v) is 2.14. The zero-order chi connectivity index (χ0) is 10.6. The van der Waals surface area contributed by atoms with Crippen molar-refractivity contribution in [3.63, 3.8) is 0 Å². The Morgan fingerprint density at radius 3 is 2.60 bits per heavy atom. The maximum atomic E-state index is 5.39. The zero-order valence-electron chi connectivity index (χ0n) is 9.49. The van der Waals surface area contributed by atoms with E-state index in [1.165, 1.54) is 0 Å². The summed E-state index contributed by atoms with van der Waals surface area (Å²) in [6.07, 6.45) is 2.83. The van der Waals surface area contributed by atoms with Crippen molar-refractivity contribution in [3.05, 3.63) is 12.0 Å². The first-order valence-electron chi connectivity index (χ1n) is 5.04. The molecule has 0 aliphatic rings. The minimum Gasteiger partial charge on any atom is -0.427 e. The van der Waals surface area contributed by atoms with Gasteiger partial charge in [0, 0.05) is 0 Å². The van der Waals surface area contributed by atoms with Gasteiger partial charge in [0.05, 0.1) is 12.2 Å². The number of halogens is 1. The van der Waals surface area contributed by atoms with E-state index < -0.39 is 0 Å². The summed E-state index contributed by atoms with van der Waals surface area (Å²) in [5.41, 5.74) is 5.39. The Balaban J connectivity index is 0.00000196. The lowest BCUT2D eigenvalue weighted by Gasteiger charge is -2.11. The highest BCUT2D eigenvalue weighted by molar-refractivity contribution is 5.85. The highest BCUT2D eigenvalue weighted by Crippen LogP contribution is 2.14. The third kappa shape index (κ3) is 5.04. The van der Waals surface area contributed by atoms with Gasteiger partial charge in [-0.15, -0.1) is 12.4 Å². The molecule has 0 radical (unpaired) electrons. The predicted molar refractivity (Wildman–Crippen MR) is 64.0 cm³/mol. The summed E-state index contributed by atoms with van der Waals surface area (Å²) in [7, 11) is 0. The van der Waals surface area contributed by atoms with Crippen LogP contribution in [0.5, 0.6) is 0 Å². The molecule has 1 aromatic heterocycles. The summed E-state index contributed by atoms with van der Waals surface area (Å²) in [5, 5.41) is 3.35. The zero-order valence-corrected chi connectivity index (χ0v) is 10.3. The second kappa shape index (κ2) is 6.69. The van der Waals surface area contributed by atoms with Gasteiger partial charge in [0.2, 0.25) is 0 Å². The number of nitrogens with two attached hydrogens (primary N) is 1. The molecule has 0 bridgehead atoms. The van der Waals surface area contributed by atoms with Crippen molar-refractivity contribution in [1.82, 2.24) is 10.3 Å². The topological polar surface area (TPSA) is 64.1 Å². The van der Waals surface area contributed by atoms with Crippen molar-refractivity contribution >= 4 is 18.4 Å². The Morgan fingerprint density at radius 1 is 1.47 bits per heavy atom. The molecule has 1 heterocycles. The molecular weight excluding hydrogens is 214 g/mol. The van der Waals surface area contributed by atoms with Gasteiger partial charge in [-0.2, -0.15) is 0 Å². The van der Waals surface area contributed by atoms with Crippen molar-refractivity contribution in [2.24, 2.45) is 5.92 Å².